The van der Waals surface area contributed by atoms with Gasteiger partial charge < -0.3 is 10.2 Å². The number of rotatable bonds is 7. The van der Waals surface area contributed by atoms with Crippen LogP contribution in [0.3, 0.4) is 0 Å². The lowest BCUT2D eigenvalue weighted by atomic mass is 10.1. The summed E-state index contributed by atoms with van der Waals surface area (Å²) < 4.78 is 1.90. The molecule has 2 fully saturated rings. The summed E-state index contributed by atoms with van der Waals surface area (Å²) in [4.78, 5) is 35.6. The van der Waals surface area contributed by atoms with E-state index in [1.54, 1.807) is 12.4 Å². The standard InChI is InChI=1S/C25H30N6O2/c1-16-21(7-8-24(32)27-14-18-4-3-10-26-13-18)17(2)31-23(28-16)12-22(29-31)20-9-11-30(15-20)25(33)19-5-6-19/h3-4,10,12-13,19-20H,5-9,11,14-15H2,1-2H3,(H,27,32)/t20-/m1/s1. The maximum atomic E-state index is 12.4. The summed E-state index contributed by atoms with van der Waals surface area (Å²) in [5, 5.41) is 7.82. The number of carbonyl (C=O) groups is 2. The van der Waals surface area contributed by atoms with Crippen LogP contribution in [-0.4, -0.2) is 49.4 Å². The molecule has 0 radical (unpaired) electrons. The summed E-state index contributed by atoms with van der Waals surface area (Å²) in [6, 6.07) is 5.86. The molecule has 3 aromatic rings. The van der Waals surface area contributed by atoms with Gasteiger partial charge in [0.25, 0.3) is 0 Å². The molecule has 172 valence electrons. The Balaban J connectivity index is 1.25. The predicted octanol–water partition coefficient (Wildman–Crippen LogP) is 2.72. The summed E-state index contributed by atoms with van der Waals surface area (Å²) >= 11 is 0. The second-order valence-corrected chi connectivity index (χ2v) is 9.28. The Labute approximate surface area is 193 Å². The highest BCUT2D eigenvalue weighted by Crippen LogP contribution is 2.35. The fourth-order valence-corrected chi connectivity index (χ4v) is 4.73. The highest BCUT2D eigenvalue weighted by molar-refractivity contribution is 5.81. The summed E-state index contributed by atoms with van der Waals surface area (Å²) in [5.41, 5.74) is 5.83. The van der Waals surface area contributed by atoms with Gasteiger partial charge in [0, 0.05) is 67.7 Å². The molecule has 8 nitrogen and oxygen atoms in total. The average molecular weight is 447 g/mol. The number of pyridine rings is 1. The van der Waals surface area contributed by atoms with Crippen molar-refractivity contribution >= 4 is 17.5 Å². The Morgan fingerprint density at radius 2 is 2.06 bits per heavy atom. The van der Waals surface area contributed by atoms with Crippen molar-refractivity contribution in [3.8, 4) is 0 Å². The zero-order chi connectivity index (χ0) is 22.9. The SMILES string of the molecule is Cc1nc2cc([C@@H]3CCN(C(=O)C4CC4)C3)nn2c(C)c1CCC(=O)NCc1cccnc1. The number of nitrogens with one attached hydrogen (secondary N) is 1. The minimum absolute atomic E-state index is 0.00489. The van der Waals surface area contributed by atoms with Crippen LogP contribution < -0.4 is 5.32 Å². The number of amides is 2. The lowest BCUT2D eigenvalue weighted by molar-refractivity contribution is -0.131. The van der Waals surface area contributed by atoms with Crippen molar-refractivity contribution in [2.45, 2.75) is 58.4 Å². The highest BCUT2D eigenvalue weighted by Gasteiger charge is 2.37. The van der Waals surface area contributed by atoms with Gasteiger partial charge in [-0.1, -0.05) is 6.07 Å². The summed E-state index contributed by atoms with van der Waals surface area (Å²) in [7, 11) is 0. The minimum atomic E-state index is 0.00489. The fraction of sp³-hybridized carbons (Fsp3) is 0.480. The molecule has 1 N–H and O–H groups in total. The maximum absolute atomic E-state index is 12.4. The first-order valence-corrected chi connectivity index (χ1v) is 11.8. The molecule has 8 heteroatoms. The van der Waals surface area contributed by atoms with Gasteiger partial charge in [0.15, 0.2) is 5.65 Å². The van der Waals surface area contributed by atoms with E-state index in [2.05, 4.69) is 16.4 Å². The van der Waals surface area contributed by atoms with Crippen LogP contribution in [0.2, 0.25) is 0 Å². The van der Waals surface area contributed by atoms with E-state index >= 15 is 0 Å². The number of likely N-dealkylation sites (tertiary alicyclic amines) is 1. The van der Waals surface area contributed by atoms with Gasteiger partial charge in [0.05, 0.1) is 5.69 Å². The molecule has 1 aliphatic heterocycles. The summed E-state index contributed by atoms with van der Waals surface area (Å²) in [6.45, 7) is 6.08. The van der Waals surface area contributed by atoms with Crippen molar-refractivity contribution in [3.05, 3.63) is 58.8 Å². The topological polar surface area (TPSA) is 92.5 Å². The van der Waals surface area contributed by atoms with E-state index in [1.807, 2.05) is 35.4 Å². The van der Waals surface area contributed by atoms with Crippen LogP contribution in [0.4, 0.5) is 0 Å². The molecule has 2 aliphatic rings. The van der Waals surface area contributed by atoms with Gasteiger partial charge in [-0.15, -0.1) is 0 Å². The molecule has 1 saturated heterocycles. The van der Waals surface area contributed by atoms with E-state index < -0.39 is 0 Å². The van der Waals surface area contributed by atoms with Gasteiger partial charge in [-0.05, 0) is 56.7 Å². The lowest BCUT2D eigenvalue weighted by Gasteiger charge is -2.15. The van der Waals surface area contributed by atoms with Crippen molar-refractivity contribution in [2.75, 3.05) is 13.1 Å². The van der Waals surface area contributed by atoms with Crippen molar-refractivity contribution in [1.82, 2.24) is 29.8 Å². The van der Waals surface area contributed by atoms with Crippen LogP contribution in [0.15, 0.2) is 30.6 Å². The molecule has 0 spiro atoms. The van der Waals surface area contributed by atoms with Crippen molar-refractivity contribution in [2.24, 2.45) is 5.92 Å². The smallest absolute Gasteiger partial charge is 0.225 e. The predicted molar refractivity (Wildman–Crippen MR) is 124 cm³/mol. The molecular weight excluding hydrogens is 416 g/mol. The van der Waals surface area contributed by atoms with E-state index in [9.17, 15) is 9.59 Å². The van der Waals surface area contributed by atoms with Crippen LogP contribution >= 0.6 is 0 Å². The van der Waals surface area contributed by atoms with Gasteiger partial charge in [-0.25, -0.2) is 9.50 Å². The van der Waals surface area contributed by atoms with Crippen LogP contribution in [0, 0.1) is 19.8 Å². The average Bonchev–Trinajstić information content (AvgIpc) is 3.39. The zero-order valence-electron chi connectivity index (χ0n) is 19.3. The molecule has 0 aromatic carbocycles. The molecule has 2 amide bonds. The van der Waals surface area contributed by atoms with Crippen LogP contribution in [-0.2, 0) is 22.6 Å². The quantitative estimate of drug-likeness (QED) is 0.602. The first-order chi connectivity index (χ1) is 16.0. The first kappa shape index (κ1) is 21.6. The number of carbonyl (C=O) groups excluding carboxylic acids is 2. The number of nitrogens with zero attached hydrogens (tertiary/aromatic N) is 5. The largest absolute Gasteiger partial charge is 0.352 e. The Morgan fingerprint density at radius 3 is 2.82 bits per heavy atom. The molecule has 1 atom stereocenters. The number of fused-ring (bicyclic) bond motifs is 1. The van der Waals surface area contributed by atoms with E-state index in [0.717, 1.165) is 66.2 Å². The molecule has 1 saturated carbocycles. The molecule has 3 aromatic heterocycles. The fourth-order valence-electron chi connectivity index (χ4n) is 4.73. The molecular formula is C25H30N6O2. The highest BCUT2D eigenvalue weighted by atomic mass is 16.2. The number of aromatic nitrogens is 4. The van der Waals surface area contributed by atoms with Gasteiger partial charge in [-0.3, -0.25) is 14.6 Å². The van der Waals surface area contributed by atoms with Crippen molar-refractivity contribution < 1.29 is 9.59 Å². The molecule has 4 heterocycles. The van der Waals surface area contributed by atoms with Gasteiger partial charge >= 0.3 is 0 Å². The van der Waals surface area contributed by atoms with Crippen molar-refractivity contribution in [3.63, 3.8) is 0 Å². The summed E-state index contributed by atoms with van der Waals surface area (Å²) in [5.74, 6) is 0.845. The molecule has 1 aliphatic carbocycles. The van der Waals surface area contributed by atoms with Gasteiger partial charge in [0.1, 0.15) is 0 Å². The van der Waals surface area contributed by atoms with Crippen molar-refractivity contribution in [1.29, 1.82) is 0 Å². The number of aryl methyl sites for hydroxylation is 2. The van der Waals surface area contributed by atoms with E-state index in [0.29, 0.717) is 25.3 Å². The number of hydrogen-bond donors (Lipinski definition) is 1. The Bertz CT molecular complexity index is 1180. The second-order valence-electron chi connectivity index (χ2n) is 9.28. The normalized spacial score (nSPS) is 18.1. The number of hydrogen-bond acceptors (Lipinski definition) is 5. The molecule has 33 heavy (non-hydrogen) atoms. The third-order valence-corrected chi connectivity index (χ3v) is 6.84. The van der Waals surface area contributed by atoms with Crippen LogP contribution in [0.5, 0.6) is 0 Å². The van der Waals surface area contributed by atoms with Crippen LogP contribution in [0.1, 0.15) is 59.8 Å². The van der Waals surface area contributed by atoms with E-state index in [-0.39, 0.29) is 17.7 Å². The van der Waals surface area contributed by atoms with E-state index in [4.69, 9.17) is 10.1 Å². The molecule has 5 rings (SSSR count). The Kier molecular flexibility index (Phi) is 5.83. The molecule has 0 bridgehead atoms. The minimum Gasteiger partial charge on any atom is -0.352 e. The third kappa shape index (κ3) is 4.60. The first-order valence-electron chi connectivity index (χ1n) is 11.8. The zero-order valence-corrected chi connectivity index (χ0v) is 19.3. The van der Waals surface area contributed by atoms with E-state index in [1.165, 1.54) is 0 Å². The molecule has 0 unspecified atom stereocenters. The van der Waals surface area contributed by atoms with Crippen LogP contribution in [0.25, 0.3) is 5.65 Å². The second kappa shape index (κ2) is 8.92. The Hall–Kier alpha value is -3.29. The summed E-state index contributed by atoms with van der Waals surface area (Å²) in [6.07, 6.45) is 7.52. The maximum Gasteiger partial charge on any atom is 0.225 e. The van der Waals surface area contributed by atoms with Gasteiger partial charge in [0.2, 0.25) is 11.8 Å². The lowest BCUT2D eigenvalue weighted by Crippen LogP contribution is -2.29. The monoisotopic (exact) mass is 446 g/mol. The van der Waals surface area contributed by atoms with Gasteiger partial charge in [-0.2, -0.15) is 5.10 Å². The Morgan fingerprint density at radius 1 is 1.21 bits per heavy atom. The third-order valence-electron chi connectivity index (χ3n) is 6.84.